The van der Waals surface area contributed by atoms with Crippen LogP contribution >= 0.6 is 0 Å². The molecule has 0 radical (unpaired) electrons. The first-order chi connectivity index (χ1) is 12.9. The van der Waals surface area contributed by atoms with Crippen molar-refractivity contribution in [1.82, 2.24) is 0 Å². The van der Waals surface area contributed by atoms with Gasteiger partial charge in [-0.2, -0.15) is 0 Å². The Balaban J connectivity index is 1.48. The van der Waals surface area contributed by atoms with Crippen molar-refractivity contribution in [2.75, 3.05) is 6.54 Å². The van der Waals surface area contributed by atoms with Crippen LogP contribution in [-0.4, -0.2) is 29.8 Å². The maximum absolute atomic E-state index is 13.0. The Morgan fingerprint density at radius 2 is 2.07 bits per heavy atom. The number of halogens is 1. The van der Waals surface area contributed by atoms with Crippen LogP contribution in [0.3, 0.4) is 0 Å². The van der Waals surface area contributed by atoms with Crippen LogP contribution in [0.5, 0.6) is 0 Å². The van der Waals surface area contributed by atoms with Gasteiger partial charge in [-0.1, -0.05) is 37.6 Å². The molecule has 0 aromatic heterocycles. The third-order valence-electron chi connectivity index (χ3n) is 7.28. The predicted molar refractivity (Wildman–Crippen MR) is 99.0 cm³/mol. The number of ether oxygens (including phenoxy) is 1. The highest BCUT2D eigenvalue weighted by atomic mass is 19.1. The van der Waals surface area contributed by atoms with E-state index in [1.165, 1.54) is 17.7 Å². The predicted octanol–water partition coefficient (Wildman–Crippen LogP) is 2.17. The number of fused-ring (bicyclic) bond motifs is 2. The third-order valence-corrected chi connectivity index (χ3v) is 7.28. The van der Waals surface area contributed by atoms with Crippen molar-refractivity contribution >= 4 is 5.97 Å². The van der Waals surface area contributed by atoms with Crippen molar-refractivity contribution in [2.24, 2.45) is 23.2 Å². The van der Waals surface area contributed by atoms with E-state index in [2.05, 4.69) is 25.2 Å². The minimum atomic E-state index is -0.562. The smallest absolute Gasteiger partial charge is 0.315 e. The van der Waals surface area contributed by atoms with E-state index in [1.54, 1.807) is 12.1 Å². The van der Waals surface area contributed by atoms with Crippen LogP contribution in [0.15, 0.2) is 35.9 Å². The van der Waals surface area contributed by atoms with E-state index in [0.29, 0.717) is 19.0 Å². The molecule has 4 rings (SSSR count). The second-order valence-corrected chi connectivity index (χ2v) is 8.65. The molecule has 0 unspecified atom stereocenters. The molecule has 1 heterocycles. The Bertz CT molecular complexity index is 746. The lowest BCUT2D eigenvalue weighted by Gasteiger charge is -2.51. The van der Waals surface area contributed by atoms with Crippen LogP contribution in [-0.2, 0) is 16.1 Å². The number of carbonyl (C=O) groups is 1. The van der Waals surface area contributed by atoms with Gasteiger partial charge in [-0.15, -0.1) is 0 Å². The summed E-state index contributed by atoms with van der Waals surface area (Å²) in [6.45, 7) is 5.63. The van der Waals surface area contributed by atoms with Crippen LogP contribution in [0.1, 0.15) is 38.7 Å². The maximum atomic E-state index is 13.0. The van der Waals surface area contributed by atoms with Gasteiger partial charge >= 0.3 is 5.97 Å². The summed E-state index contributed by atoms with van der Waals surface area (Å²) in [6, 6.07) is 6.43. The Hall–Kier alpha value is -1.72. The van der Waals surface area contributed by atoms with Crippen molar-refractivity contribution in [3.05, 3.63) is 47.3 Å². The summed E-state index contributed by atoms with van der Waals surface area (Å²) in [5, 5.41) is 13.4. The highest BCUT2D eigenvalue weighted by Gasteiger charge is 2.60. The van der Waals surface area contributed by atoms with Crippen LogP contribution in [0, 0.1) is 29.0 Å². The zero-order chi connectivity index (χ0) is 19.2. The monoisotopic (exact) mass is 374 g/mol. The molecule has 6 atom stereocenters. The van der Waals surface area contributed by atoms with Crippen LogP contribution in [0.25, 0.3) is 0 Å². The van der Waals surface area contributed by atoms with Gasteiger partial charge in [0.1, 0.15) is 24.4 Å². The van der Waals surface area contributed by atoms with Gasteiger partial charge in [0.25, 0.3) is 0 Å². The standard InChI is InChI=1S/C22H28FNO3/c1-13-4-3-5-15-10-18-19(20(25)22(13,15)2)17(21(26)27-18)12-24-11-14-6-8-16(23)9-7-14/h5-9,13,17-20,24-25H,3-4,10-12H2,1-2H3/p+1/t13-,17+,18-,19-,20-,22-/m1/s1. The fourth-order valence-corrected chi connectivity index (χ4v) is 5.38. The number of hydrogen-bond acceptors (Lipinski definition) is 3. The number of nitrogens with two attached hydrogens (primary N) is 1. The third kappa shape index (κ3) is 3.11. The molecule has 27 heavy (non-hydrogen) atoms. The molecule has 3 aliphatic rings. The molecule has 0 bridgehead atoms. The fourth-order valence-electron chi connectivity index (χ4n) is 5.38. The van der Waals surface area contributed by atoms with Gasteiger partial charge in [-0.3, -0.25) is 4.79 Å². The average Bonchev–Trinajstić information content (AvgIpc) is 2.95. The second kappa shape index (κ2) is 7.02. The van der Waals surface area contributed by atoms with E-state index in [4.69, 9.17) is 4.74 Å². The molecule has 2 fully saturated rings. The SMILES string of the molecule is C[C@@H]1CCC=C2C[C@H]3OC(=O)[C@@H](C[NH2+]Cc4ccc(F)cc4)[C@H]3[C@@H](O)[C@@]21C. The van der Waals surface area contributed by atoms with E-state index >= 15 is 0 Å². The molecular weight excluding hydrogens is 345 g/mol. The van der Waals surface area contributed by atoms with E-state index < -0.39 is 6.10 Å². The first-order valence-electron chi connectivity index (χ1n) is 10.1. The Labute approximate surface area is 159 Å². The summed E-state index contributed by atoms with van der Waals surface area (Å²) < 4.78 is 18.7. The molecule has 146 valence electrons. The van der Waals surface area contributed by atoms with E-state index in [1.807, 2.05) is 0 Å². The molecule has 1 aromatic carbocycles. The van der Waals surface area contributed by atoms with Gasteiger partial charge in [0.05, 0.1) is 12.6 Å². The van der Waals surface area contributed by atoms with Gasteiger partial charge in [0, 0.05) is 23.3 Å². The number of allylic oxidation sites excluding steroid dienone is 1. The van der Waals surface area contributed by atoms with Gasteiger partial charge in [-0.05, 0) is 30.9 Å². The van der Waals surface area contributed by atoms with Crippen molar-refractivity contribution in [1.29, 1.82) is 0 Å². The van der Waals surface area contributed by atoms with Crippen molar-refractivity contribution < 1.29 is 24.3 Å². The summed E-state index contributed by atoms with van der Waals surface area (Å²) >= 11 is 0. The lowest BCUT2D eigenvalue weighted by Crippen LogP contribution is -2.84. The number of aliphatic hydroxyl groups excluding tert-OH is 1. The summed E-state index contributed by atoms with van der Waals surface area (Å²) in [4.78, 5) is 12.5. The summed E-state index contributed by atoms with van der Waals surface area (Å²) in [6.07, 6.45) is 4.35. The lowest BCUT2D eigenvalue weighted by molar-refractivity contribution is -0.675. The Kier molecular flexibility index (Phi) is 4.85. The number of aliphatic hydroxyl groups is 1. The number of esters is 1. The highest BCUT2D eigenvalue weighted by molar-refractivity contribution is 5.76. The van der Waals surface area contributed by atoms with Crippen molar-refractivity contribution in [2.45, 2.75) is 51.9 Å². The van der Waals surface area contributed by atoms with E-state index in [-0.39, 0.29) is 35.1 Å². The normalized spacial score (nSPS) is 38.0. The zero-order valence-corrected chi connectivity index (χ0v) is 16.0. The molecule has 1 aliphatic heterocycles. The molecule has 0 amide bonds. The molecule has 2 aliphatic carbocycles. The van der Waals surface area contributed by atoms with Gasteiger partial charge in [0.15, 0.2) is 0 Å². The van der Waals surface area contributed by atoms with Crippen LogP contribution < -0.4 is 5.32 Å². The van der Waals surface area contributed by atoms with E-state index in [0.717, 1.165) is 24.8 Å². The topological polar surface area (TPSA) is 63.1 Å². The van der Waals surface area contributed by atoms with Crippen molar-refractivity contribution in [3.8, 4) is 0 Å². The Morgan fingerprint density at radius 1 is 1.33 bits per heavy atom. The Morgan fingerprint density at radius 3 is 2.81 bits per heavy atom. The van der Waals surface area contributed by atoms with Crippen LogP contribution in [0.4, 0.5) is 4.39 Å². The lowest BCUT2D eigenvalue weighted by atomic mass is 9.55. The first kappa shape index (κ1) is 18.6. The molecule has 4 nitrogen and oxygen atoms in total. The molecule has 0 spiro atoms. The van der Waals surface area contributed by atoms with Gasteiger partial charge in [0.2, 0.25) is 0 Å². The highest BCUT2D eigenvalue weighted by Crippen LogP contribution is 2.55. The van der Waals surface area contributed by atoms with Gasteiger partial charge in [-0.25, -0.2) is 4.39 Å². The molecular formula is C22H29FNO3+. The second-order valence-electron chi connectivity index (χ2n) is 8.65. The summed E-state index contributed by atoms with van der Waals surface area (Å²) in [7, 11) is 0. The largest absolute Gasteiger partial charge is 0.461 e. The quantitative estimate of drug-likeness (QED) is 0.627. The number of benzene rings is 1. The van der Waals surface area contributed by atoms with Crippen LogP contribution in [0.2, 0.25) is 0 Å². The number of carbonyl (C=O) groups excluding carboxylic acids is 1. The molecule has 5 heteroatoms. The number of rotatable bonds is 4. The molecule has 1 aromatic rings. The average molecular weight is 374 g/mol. The molecule has 3 N–H and O–H groups in total. The fraction of sp³-hybridized carbons (Fsp3) is 0.591. The summed E-state index contributed by atoms with van der Waals surface area (Å²) in [5.74, 6) is -0.476. The number of hydrogen-bond donors (Lipinski definition) is 2. The minimum absolute atomic E-state index is 0.148. The molecule has 1 saturated heterocycles. The summed E-state index contributed by atoms with van der Waals surface area (Å²) in [5.41, 5.74) is 2.02. The van der Waals surface area contributed by atoms with Crippen molar-refractivity contribution in [3.63, 3.8) is 0 Å². The van der Waals surface area contributed by atoms with Gasteiger partial charge < -0.3 is 15.2 Å². The maximum Gasteiger partial charge on any atom is 0.315 e. The zero-order valence-electron chi connectivity index (χ0n) is 16.0. The minimum Gasteiger partial charge on any atom is -0.461 e. The molecule has 1 saturated carbocycles. The van der Waals surface area contributed by atoms with E-state index in [9.17, 15) is 14.3 Å². The first-order valence-corrected chi connectivity index (χ1v) is 10.1. The number of quaternary nitrogens is 1.